The molecule has 3 rings (SSSR count). The molecule has 1 aromatic heterocycles. The SMILES string of the molecule is COc1cc(C(=O)Nc2nc(CN3CCCC(C)C3)cs2)cc(OC)c1C. The summed E-state index contributed by atoms with van der Waals surface area (Å²) in [5.74, 6) is 1.76. The molecule has 1 aromatic carbocycles. The average Bonchev–Trinajstić information content (AvgIpc) is 3.08. The van der Waals surface area contributed by atoms with Crippen molar-refractivity contribution in [3.05, 3.63) is 34.3 Å². The molecule has 2 aromatic rings. The van der Waals surface area contributed by atoms with Crippen molar-refractivity contribution in [2.45, 2.75) is 33.2 Å². The van der Waals surface area contributed by atoms with Crippen molar-refractivity contribution >= 4 is 22.4 Å². The Hall–Kier alpha value is -2.12. The number of rotatable bonds is 6. The van der Waals surface area contributed by atoms with Crippen molar-refractivity contribution in [3.63, 3.8) is 0 Å². The zero-order valence-electron chi connectivity index (χ0n) is 16.4. The summed E-state index contributed by atoms with van der Waals surface area (Å²) in [6.45, 7) is 7.26. The molecule has 1 amide bonds. The van der Waals surface area contributed by atoms with Crippen LogP contribution in [0.4, 0.5) is 5.13 Å². The number of aromatic nitrogens is 1. The second-order valence-electron chi connectivity index (χ2n) is 7.09. The van der Waals surface area contributed by atoms with Crippen LogP contribution in [0.3, 0.4) is 0 Å². The zero-order valence-corrected chi connectivity index (χ0v) is 17.2. The first-order valence-corrected chi connectivity index (χ1v) is 10.1. The molecule has 1 N–H and O–H groups in total. The van der Waals surface area contributed by atoms with E-state index in [1.165, 1.54) is 24.2 Å². The van der Waals surface area contributed by atoms with E-state index in [-0.39, 0.29) is 5.91 Å². The second kappa shape index (κ2) is 8.71. The predicted octanol–water partition coefficient (Wildman–Crippen LogP) is 3.95. The number of methoxy groups -OCH3 is 2. The van der Waals surface area contributed by atoms with E-state index in [1.807, 2.05) is 12.3 Å². The molecule has 0 bridgehead atoms. The van der Waals surface area contributed by atoms with Gasteiger partial charge in [0.2, 0.25) is 0 Å². The third-order valence-electron chi connectivity index (χ3n) is 4.91. The van der Waals surface area contributed by atoms with Gasteiger partial charge in [-0.15, -0.1) is 11.3 Å². The molecule has 27 heavy (non-hydrogen) atoms. The average molecular weight is 390 g/mol. The molecule has 0 radical (unpaired) electrons. The molecule has 1 aliphatic rings. The van der Waals surface area contributed by atoms with Gasteiger partial charge >= 0.3 is 0 Å². The Labute approximate surface area is 164 Å². The van der Waals surface area contributed by atoms with E-state index in [0.29, 0.717) is 22.2 Å². The highest BCUT2D eigenvalue weighted by Gasteiger charge is 2.18. The van der Waals surface area contributed by atoms with Gasteiger partial charge in [-0.2, -0.15) is 0 Å². The van der Waals surface area contributed by atoms with Crippen LogP contribution in [0, 0.1) is 12.8 Å². The molecule has 1 unspecified atom stereocenters. The van der Waals surface area contributed by atoms with Gasteiger partial charge in [0.15, 0.2) is 5.13 Å². The van der Waals surface area contributed by atoms with Crippen LogP contribution >= 0.6 is 11.3 Å². The van der Waals surface area contributed by atoms with Crippen molar-refractivity contribution in [1.29, 1.82) is 0 Å². The monoisotopic (exact) mass is 389 g/mol. The number of piperidine rings is 1. The van der Waals surface area contributed by atoms with Crippen LogP contribution < -0.4 is 14.8 Å². The van der Waals surface area contributed by atoms with Gasteiger partial charge in [0, 0.05) is 29.6 Å². The Kier molecular flexibility index (Phi) is 6.34. The molecule has 1 saturated heterocycles. The van der Waals surface area contributed by atoms with Crippen LogP contribution in [0.1, 0.15) is 41.4 Å². The number of carbonyl (C=O) groups is 1. The molecule has 7 heteroatoms. The first kappa shape index (κ1) is 19.6. The maximum atomic E-state index is 12.6. The fourth-order valence-electron chi connectivity index (χ4n) is 3.48. The molecular formula is C20H27N3O3S. The van der Waals surface area contributed by atoms with Gasteiger partial charge in [-0.25, -0.2) is 4.98 Å². The minimum absolute atomic E-state index is 0.223. The van der Waals surface area contributed by atoms with Crippen LogP contribution in [-0.2, 0) is 6.54 Å². The molecule has 146 valence electrons. The van der Waals surface area contributed by atoms with E-state index in [4.69, 9.17) is 9.47 Å². The number of hydrogen-bond acceptors (Lipinski definition) is 6. The first-order chi connectivity index (χ1) is 13.0. The predicted molar refractivity (Wildman–Crippen MR) is 108 cm³/mol. The number of anilines is 1. The summed E-state index contributed by atoms with van der Waals surface area (Å²) in [5.41, 5.74) is 2.35. The van der Waals surface area contributed by atoms with Crippen molar-refractivity contribution in [3.8, 4) is 11.5 Å². The summed E-state index contributed by atoms with van der Waals surface area (Å²) in [6, 6.07) is 3.44. The van der Waals surface area contributed by atoms with Crippen LogP contribution in [-0.4, -0.2) is 43.1 Å². The highest BCUT2D eigenvalue weighted by Crippen LogP contribution is 2.30. The van der Waals surface area contributed by atoms with Gasteiger partial charge in [-0.05, 0) is 44.4 Å². The Balaban J connectivity index is 1.67. The second-order valence-corrected chi connectivity index (χ2v) is 7.94. The van der Waals surface area contributed by atoms with Gasteiger partial charge in [-0.1, -0.05) is 6.92 Å². The lowest BCUT2D eigenvalue weighted by Gasteiger charge is -2.30. The van der Waals surface area contributed by atoms with E-state index in [1.54, 1.807) is 26.4 Å². The number of benzene rings is 1. The van der Waals surface area contributed by atoms with Crippen LogP contribution in [0.2, 0.25) is 0 Å². The molecule has 1 aliphatic heterocycles. The molecule has 6 nitrogen and oxygen atoms in total. The normalized spacial score (nSPS) is 17.6. The number of likely N-dealkylation sites (tertiary alicyclic amines) is 1. The lowest BCUT2D eigenvalue weighted by molar-refractivity contribution is 0.102. The quantitative estimate of drug-likeness (QED) is 0.810. The number of thiazole rings is 1. The fraction of sp³-hybridized carbons (Fsp3) is 0.500. The molecular weight excluding hydrogens is 362 g/mol. The maximum absolute atomic E-state index is 12.6. The van der Waals surface area contributed by atoms with Crippen molar-refractivity contribution in [2.75, 3.05) is 32.6 Å². The van der Waals surface area contributed by atoms with Crippen molar-refractivity contribution in [1.82, 2.24) is 9.88 Å². The van der Waals surface area contributed by atoms with Crippen molar-refractivity contribution in [2.24, 2.45) is 5.92 Å². The van der Waals surface area contributed by atoms with E-state index >= 15 is 0 Å². The van der Waals surface area contributed by atoms with Crippen molar-refractivity contribution < 1.29 is 14.3 Å². The number of amides is 1. The number of ether oxygens (including phenoxy) is 2. The van der Waals surface area contributed by atoms with Gasteiger partial charge in [0.25, 0.3) is 5.91 Å². The van der Waals surface area contributed by atoms with E-state index in [9.17, 15) is 4.79 Å². The lowest BCUT2D eigenvalue weighted by atomic mass is 10.0. The summed E-state index contributed by atoms with van der Waals surface area (Å²) in [7, 11) is 3.16. The van der Waals surface area contributed by atoms with Gasteiger partial charge in [0.1, 0.15) is 11.5 Å². The minimum atomic E-state index is -0.223. The minimum Gasteiger partial charge on any atom is -0.496 e. The Bertz CT molecular complexity index is 781. The molecule has 1 fully saturated rings. The molecule has 0 saturated carbocycles. The summed E-state index contributed by atoms with van der Waals surface area (Å²) >= 11 is 1.45. The zero-order chi connectivity index (χ0) is 19.4. The third kappa shape index (κ3) is 4.78. The number of nitrogens with one attached hydrogen (secondary N) is 1. The third-order valence-corrected chi connectivity index (χ3v) is 5.72. The lowest BCUT2D eigenvalue weighted by Crippen LogP contribution is -2.33. The fourth-order valence-corrected chi connectivity index (χ4v) is 4.18. The Morgan fingerprint density at radius 3 is 2.67 bits per heavy atom. The van der Waals surface area contributed by atoms with E-state index < -0.39 is 0 Å². The molecule has 0 aliphatic carbocycles. The summed E-state index contributed by atoms with van der Waals surface area (Å²) in [5, 5.41) is 5.51. The van der Waals surface area contributed by atoms with Gasteiger partial charge in [0.05, 0.1) is 19.9 Å². The highest BCUT2D eigenvalue weighted by atomic mass is 32.1. The van der Waals surface area contributed by atoms with Gasteiger partial charge < -0.3 is 9.47 Å². The van der Waals surface area contributed by atoms with E-state index in [2.05, 4.69) is 22.1 Å². The Morgan fingerprint density at radius 1 is 1.33 bits per heavy atom. The number of hydrogen-bond donors (Lipinski definition) is 1. The van der Waals surface area contributed by atoms with Crippen LogP contribution in [0.25, 0.3) is 0 Å². The van der Waals surface area contributed by atoms with Crippen LogP contribution in [0.15, 0.2) is 17.5 Å². The molecule has 1 atom stereocenters. The topological polar surface area (TPSA) is 63.7 Å². The largest absolute Gasteiger partial charge is 0.496 e. The summed E-state index contributed by atoms with van der Waals surface area (Å²) in [4.78, 5) is 19.7. The van der Waals surface area contributed by atoms with Gasteiger partial charge in [-0.3, -0.25) is 15.0 Å². The van der Waals surface area contributed by atoms with Crippen LogP contribution in [0.5, 0.6) is 11.5 Å². The standard InChI is InChI=1S/C20H27N3O3S/c1-13-6-5-7-23(10-13)11-16-12-27-20(21-16)22-19(24)15-8-17(25-3)14(2)18(9-15)26-4/h8-9,12-13H,5-7,10-11H2,1-4H3,(H,21,22,24). The number of nitrogens with zero attached hydrogens (tertiary/aromatic N) is 2. The molecule has 0 spiro atoms. The molecule has 2 heterocycles. The van der Waals surface area contributed by atoms with E-state index in [0.717, 1.165) is 36.8 Å². The maximum Gasteiger partial charge on any atom is 0.257 e. The Morgan fingerprint density at radius 2 is 2.04 bits per heavy atom. The summed E-state index contributed by atoms with van der Waals surface area (Å²) < 4.78 is 10.7. The number of carbonyl (C=O) groups excluding carboxylic acids is 1. The first-order valence-electron chi connectivity index (χ1n) is 9.21. The smallest absolute Gasteiger partial charge is 0.257 e. The highest BCUT2D eigenvalue weighted by molar-refractivity contribution is 7.13. The summed E-state index contributed by atoms with van der Waals surface area (Å²) in [6.07, 6.45) is 2.55.